The van der Waals surface area contributed by atoms with E-state index in [1.807, 2.05) is 24.3 Å². The minimum atomic E-state index is -0.434. The second-order valence-electron chi connectivity index (χ2n) is 4.71. The maximum Gasteiger partial charge on any atom is 0.277 e. The summed E-state index contributed by atoms with van der Waals surface area (Å²) in [5.41, 5.74) is 3.85. The summed E-state index contributed by atoms with van der Waals surface area (Å²) >= 11 is 0. The average molecular weight is 316 g/mol. The number of hydrazone groups is 1. The Hall–Kier alpha value is -2.89. The Morgan fingerprint density at radius 2 is 1.91 bits per heavy atom. The minimum Gasteiger partial charge on any atom is -0.497 e. The van der Waals surface area contributed by atoms with E-state index < -0.39 is 11.7 Å². The monoisotopic (exact) mass is 316 g/mol. The van der Waals surface area contributed by atoms with Crippen LogP contribution in [0.1, 0.15) is 12.5 Å². The van der Waals surface area contributed by atoms with Crippen molar-refractivity contribution < 1.29 is 18.7 Å². The number of amides is 1. The van der Waals surface area contributed by atoms with Crippen LogP contribution in [-0.2, 0) is 4.79 Å². The van der Waals surface area contributed by atoms with Gasteiger partial charge < -0.3 is 9.47 Å². The fourth-order valence-electron chi connectivity index (χ4n) is 1.80. The van der Waals surface area contributed by atoms with Gasteiger partial charge in [0, 0.05) is 11.6 Å². The predicted octanol–water partition coefficient (Wildman–Crippen LogP) is 2.75. The first-order chi connectivity index (χ1) is 11.1. The highest BCUT2D eigenvalue weighted by Gasteiger charge is 2.04. The number of hydrogen-bond donors (Lipinski definition) is 1. The molecule has 1 N–H and O–H groups in total. The first kappa shape index (κ1) is 16.5. The average Bonchev–Trinajstić information content (AvgIpc) is 2.58. The lowest BCUT2D eigenvalue weighted by Gasteiger charge is -2.06. The summed E-state index contributed by atoms with van der Waals surface area (Å²) in [7, 11) is 1.58. The van der Waals surface area contributed by atoms with Gasteiger partial charge in [-0.3, -0.25) is 4.79 Å². The molecule has 0 aliphatic carbocycles. The molecule has 0 atom stereocenters. The molecule has 2 aromatic rings. The van der Waals surface area contributed by atoms with Gasteiger partial charge in [-0.15, -0.1) is 0 Å². The van der Waals surface area contributed by atoms with Crippen molar-refractivity contribution >= 4 is 11.6 Å². The van der Waals surface area contributed by atoms with E-state index in [-0.39, 0.29) is 12.4 Å². The molecule has 0 unspecified atom stereocenters. The van der Waals surface area contributed by atoms with Gasteiger partial charge in [0.1, 0.15) is 17.3 Å². The molecule has 1 amide bonds. The lowest BCUT2D eigenvalue weighted by atomic mass is 10.1. The van der Waals surface area contributed by atoms with E-state index in [0.717, 1.165) is 5.56 Å². The fourth-order valence-corrected chi connectivity index (χ4v) is 1.80. The van der Waals surface area contributed by atoms with E-state index in [2.05, 4.69) is 10.5 Å². The number of benzene rings is 2. The predicted molar refractivity (Wildman–Crippen MR) is 85.2 cm³/mol. The van der Waals surface area contributed by atoms with Gasteiger partial charge in [0.2, 0.25) is 0 Å². The van der Waals surface area contributed by atoms with E-state index in [1.165, 1.54) is 18.2 Å². The molecule has 0 aliphatic rings. The Morgan fingerprint density at radius 1 is 1.17 bits per heavy atom. The van der Waals surface area contributed by atoms with Crippen molar-refractivity contribution in [2.45, 2.75) is 6.92 Å². The number of carbonyl (C=O) groups is 1. The first-order valence-corrected chi connectivity index (χ1v) is 6.94. The second-order valence-corrected chi connectivity index (χ2v) is 4.71. The largest absolute Gasteiger partial charge is 0.497 e. The van der Waals surface area contributed by atoms with Crippen LogP contribution in [0.15, 0.2) is 53.6 Å². The van der Waals surface area contributed by atoms with E-state index in [0.29, 0.717) is 11.5 Å². The van der Waals surface area contributed by atoms with Gasteiger partial charge in [-0.25, -0.2) is 9.82 Å². The van der Waals surface area contributed by atoms with Crippen molar-refractivity contribution in [3.63, 3.8) is 0 Å². The van der Waals surface area contributed by atoms with Crippen molar-refractivity contribution in [1.29, 1.82) is 0 Å². The molecular formula is C17H17FN2O3. The molecule has 0 bridgehead atoms. The smallest absolute Gasteiger partial charge is 0.277 e. The summed E-state index contributed by atoms with van der Waals surface area (Å²) in [5.74, 6) is 0.137. The molecular weight excluding hydrogens is 299 g/mol. The van der Waals surface area contributed by atoms with Gasteiger partial charge in [0.25, 0.3) is 5.91 Å². The Morgan fingerprint density at radius 3 is 2.65 bits per heavy atom. The highest BCUT2D eigenvalue weighted by molar-refractivity contribution is 5.99. The maximum atomic E-state index is 13.0. The van der Waals surface area contributed by atoms with Crippen molar-refractivity contribution in [2.75, 3.05) is 13.7 Å². The molecule has 0 spiro atoms. The number of methoxy groups -OCH3 is 1. The molecule has 6 heteroatoms. The number of nitrogens with zero attached hydrogens (tertiary/aromatic N) is 1. The molecule has 23 heavy (non-hydrogen) atoms. The van der Waals surface area contributed by atoms with Gasteiger partial charge in [-0.1, -0.05) is 18.2 Å². The van der Waals surface area contributed by atoms with Crippen LogP contribution in [0.3, 0.4) is 0 Å². The second kappa shape index (κ2) is 7.93. The number of ether oxygens (including phenoxy) is 2. The SMILES string of the molecule is COc1cccc(/C(C)=N\NC(=O)COc2cccc(F)c2)c1. The zero-order valence-corrected chi connectivity index (χ0v) is 12.9. The van der Waals surface area contributed by atoms with Crippen LogP contribution < -0.4 is 14.9 Å². The van der Waals surface area contributed by atoms with E-state index >= 15 is 0 Å². The summed E-state index contributed by atoms with van der Waals surface area (Å²) in [6, 6.07) is 12.9. The van der Waals surface area contributed by atoms with Crippen molar-refractivity contribution in [3.8, 4) is 11.5 Å². The van der Waals surface area contributed by atoms with E-state index in [4.69, 9.17) is 9.47 Å². The van der Waals surface area contributed by atoms with Crippen LogP contribution in [0.2, 0.25) is 0 Å². The molecule has 0 aromatic heterocycles. The zero-order chi connectivity index (χ0) is 16.7. The molecule has 0 fully saturated rings. The van der Waals surface area contributed by atoms with E-state index in [1.54, 1.807) is 20.1 Å². The summed E-state index contributed by atoms with van der Waals surface area (Å²) in [4.78, 5) is 11.7. The maximum absolute atomic E-state index is 13.0. The summed E-state index contributed by atoms with van der Waals surface area (Å²) in [6.45, 7) is 1.51. The quantitative estimate of drug-likeness (QED) is 0.658. The molecule has 2 aromatic carbocycles. The summed E-state index contributed by atoms with van der Waals surface area (Å²) < 4.78 is 23.3. The topological polar surface area (TPSA) is 59.9 Å². The van der Waals surface area contributed by atoms with Crippen molar-refractivity contribution in [3.05, 3.63) is 59.9 Å². The Labute approximate surface area is 133 Å². The van der Waals surface area contributed by atoms with Gasteiger partial charge in [0.15, 0.2) is 6.61 Å². The molecule has 0 heterocycles. The number of rotatable bonds is 6. The van der Waals surface area contributed by atoms with Crippen LogP contribution in [0, 0.1) is 5.82 Å². The lowest BCUT2D eigenvalue weighted by Crippen LogP contribution is -2.25. The highest BCUT2D eigenvalue weighted by atomic mass is 19.1. The van der Waals surface area contributed by atoms with Crippen molar-refractivity contribution in [1.82, 2.24) is 5.43 Å². The Balaban J connectivity index is 1.89. The van der Waals surface area contributed by atoms with Crippen LogP contribution in [0.5, 0.6) is 11.5 Å². The Bertz CT molecular complexity index is 716. The third-order valence-corrected chi connectivity index (χ3v) is 3.00. The van der Waals surface area contributed by atoms with Gasteiger partial charge >= 0.3 is 0 Å². The Kier molecular flexibility index (Phi) is 5.68. The van der Waals surface area contributed by atoms with Crippen LogP contribution in [0.25, 0.3) is 0 Å². The fraction of sp³-hybridized carbons (Fsp3) is 0.176. The number of halogens is 1. The molecule has 2 rings (SSSR count). The third-order valence-electron chi connectivity index (χ3n) is 3.00. The number of hydrogen-bond acceptors (Lipinski definition) is 4. The molecule has 0 saturated carbocycles. The highest BCUT2D eigenvalue weighted by Crippen LogP contribution is 2.13. The standard InChI is InChI=1S/C17H17FN2O3/c1-12(13-5-3-7-15(9-13)22-2)19-20-17(21)11-23-16-8-4-6-14(18)10-16/h3-10H,11H2,1-2H3,(H,20,21)/b19-12-. The van der Waals surface area contributed by atoms with Crippen LogP contribution in [0.4, 0.5) is 4.39 Å². The zero-order valence-electron chi connectivity index (χ0n) is 12.9. The van der Waals surface area contributed by atoms with E-state index in [9.17, 15) is 9.18 Å². The molecule has 0 aliphatic heterocycles. The number of nitrogens with one attached hydrogen (secondary N) is 1. The van der Waals surface area contributed by atoms with Crippen molar-refractivity contribution in [2.24, 2.45) is 5.10 Å². The van der Waals surface area contributed by atoms with Gasteiger partial charge in [-0.2, -0.15) is 5.10 Å². The number of carbonyl (C=O) groups excluding carboxylic acids is 1. The molecule has 120 valence electrons. The van der Waals surface area contributed by atoms with Crippen LogP contribution in [-0.4, -0.2) is 25.3 Å². The first-order valence-electron chi connectivity index (χ1n) is 6.94. The summed E-state index contributed by atoms with van der Waals surface area (Å²) in [6.07, 6.45) is 0. The van der Waals surface area contributed by atoms with Gasteiger partial charge in [-0.05, 0) is 31.2 Å². The minimum absolute atomic E-state index is 0.252. The van der Waals surface area contributed by atoms with Crippen LogP contribution >= 0.6 is 0 Å². The molecule has 0 saturated heterocycles. The van der Waals surface area contributed by atoms with Gasteiger partial charge in [0.05, 0.1) is 12.8 Å². The molecule has 0 radical (unpaired) electrons. The lowest BCUT2D eigenvalue weighted by molar-refractivity contribution is -0.123. The molecule has 5 nitrogen and oxygen atoms in total. The third kappa shape index (κ3) is 5.10. The normalized spacial score (nSPS) is 11.0. The summed E-state index contributed by atoms with van der Waals surface area (Å²) in [5, 5.41) is 4.01.